The largest absolute Gasteiger partial charge is 0.463 e. The van der Waals surface area contributed by atoms with E-state index in [0.29, 0.717) is 6.61 Å². The van der Waals surface area contributed by atoms with E-state index >= 15 is 0 Å². The number of ether oxygens (including phenoxy) is 2. The third-order valence-corrected chi connectivity index (χ3v) is 3.83. The molecule has 0 spiro atoms. The van der Waals surface area contributed by atoms with Crippen LogP contribution in [-0.4, -0.2) is 41.3 Å². The van der Waals surface area contributed by atoms with Gasteiger partial charge in [0, 0.05) is 18.2 Å². The molecule has 5 heteroatoms. The summed E-state index contributed by atoms with van der Waals surface area (Å²) in [7, 11) is 0. The van der Waals surface area contributed by atoms with Crippen molar-refractivity contribution in [3.05, 3.63) is 11.6 Å². The Kier molecular flexibility index (Phi) is 4.59. The molecule has 0 aliphatic carbocycles. The van der Waals surface area contributed by atoms with E-state index in [1.165, 1.54) is 0 Å². The van der Waals surface area contributed by atoms with E-state index in [4.69, 9.17) is 9.47 Å². The van der Waals surface area contributed by atoms with Crippen molar-refractivity contribution in [2.45, 2.75) is 71.1 Å². The molecule has 2 aliphatic heterocycles. The van der Waals surface area contributed by atoms with Gasteiger partial charge < -0.3 is 14.4 Å². The van der Waals surface area contributed by atoms with E-state index in [0.717, 1.165) is 31.3 Å². The average Bonchev–Trinajstić information content (AvgIpc) is 2.60. The SMILES string of the molecule is CCOC(=O)C=C1C[C@H]2CC[C@@H](C1)N2C(=O)OC(C)(C)C. The van der Waals surface area contributed by atoms with Crippen molar-refractivity contribution in [3.8, 4) is 0 Å². The molecule has 0 saturated carbocycles. The summed E-state index contributed by atoms with van der Waals surface area (Å²) in [6.45, 7) is 7.82. The van der Waals surface area contributed by atoms with Crippen LogP contribution in [0.25, 0.3) is 0 Å². The van der Waals surface area contributed by atoms with Crippen molar-refractivity contribution >= 4 is 12.1 Å². The van der Waals surface area contributed by atoms with Crippen LogP contribution in [0.2, 0.25) is 0 Å². The molecule has 0 N–H and O–H groups in total. The minimum atomic E-state index is -0.475. The first-order valence-electron chi connectivity index (χ1n) is 7.67. The molecular formula is C16H25NO4. The molecule has 0 radical (unpaired) electrons. The molecular weight excluding hydrogens is 270 g/mol. The zero-order chi connectivity index (χ0) is 15.6. The van der Waals surface area contributed by atoms with Gasteiger partial charge in [-0.05, 0) is 53.4 Å². The first kappa shape index (κ1) is 15.9. The highest BCUT2D eigenvalue weighted by Crippen LogP contribution is 2.39. The van der Waals surface area contributed by atoms with Gasteiger partial charge in [-0.3, -0.25) is 0 Å². The normalized spacial score (nSPS) is 26.9. The van der Waals surface area contributed by atoms with E-state index in [9.17, 15) is 9.59 Å². The third-order valence-electron chi connectivity index (χ3n) is 3.83. The average molecular weight is 295 g/mol. The van der Waals surface area contributed by atoms with Crippen LogP contribution in [0.4, 0.5) is 4.79 Å². The lowest BCUT2D eigenvalue weighted by Gasteiger charge is -2.37. The van der Waals surface area contributed by atoms with Gasteiger partial charge in [0.15, 0.2) is 0 Å². The molecule has 2 rings (SSSR count). The zero-order valence-electron chi connectivity index (χ0n) is 13.3. The van der Waals surface area contributed by atoms with Crippen molar-refractivity contribution in [2.75, 3.05) is 6.61 Å². The maximum atomic E-state index is 12.3. The number of hydrogen-bond donors (Lipinski definition) is 0. The Morgan fingerprint density at radius 3 is 2.29 bits per heavy atom. The van der Waals surface area contributed by atoms with Gasteiger partial charge in [-0.2, -0.15) is 0 Å². The topological polar surface area (TPSA) is 55.8 Å². The van der Waals surface area contributed by atoms with Gasteiger partial charge in [0.1, 0.15) is 5.60 Å². The zero-order valence-corrected chi connectivity index (χ0v) is 13.3. The molecule has 5 nitrogen and oxygen atoms in total. The number of rotatable bonds is 2. The van der Waals surface area contributed by atoms with E-state index in [-0.39, 0.29) is 24.1 Å². The number of carbonyl (C=O) groups excluding carboxylic acids is 2. The number of amides is 1. The maximum absolute atomic E-state index is 12.3. The van der Waals surface area contributed by atoms with Crippen molar-refractivity contribution < 1.29 is 19.1 Å². The van der Waals surface area contributed by atoms with Gasteiger partial charge in [0.25, 0.3) is 0 Å². The summed E-state index contributed by atoms with van der Waals surface area (Å²) in [4.78, 5) is 25.7. The van der Waals surface area contributed by atoms with E-state index in [1.807, 2.05) is 25.7 Å². The van der Waals surface area contributed by atoms with Gasteiger partial charge in [-0.25, -0.2) is 9.59 Å². The molecule has 2 saturated heterocycles. The molecule has 1 amide bonds. The Balaban J connectivity index is 2.02. The van der Waals surface area contributed by atoms with Crippen molar-refractivity contribution in [3.63, 3.8) is 0 Å². The summed E-state index contributed by atoms with van der Waals surface area (Å²) < 4.78 is 10.4. The molecule has 2 bridgehead atoms. The molecule has 2 aliphatic rings. The fourth-order valence-corrected chi connectivity index (χ4v) is 3.13. The molecule has 2 atom stereocenters. The smallest absolute Gasteiger partial charge is 0.410 e. The number of piperidine rings is 1. The molecule has 0 aromatic heterocycles. The van der Waals surface area contributed by atoms with Crippen molar-refractivity contribution in [1.29, 1.82) is 0 Å². The van der Waals surface area contributed by atoms with Crippen LogP contribution >= 0.6 is 0 Å². The number of fused-ring (bicyclic) bond motifs is 2. The minimum absolute atomic E-state index is 0.152. The second-order valence-electron chi connectivity index (χ2n) is 6.74. The molecule has 118 valence electrons. The summed E-state index contributed by atoms with van der Waals surface area (Å²) >= 11 is 0. The molecule has 0 aromatic rings. The lowest BCUT2D eigenvalue weighted by Crippen LogP contribution is -2.47. The number of hydrogen-bond acceptors (Lipinski definition) is 4. The summed E-state index contributed by atoms with van der Waals surface area (Å²) in [5.74, 6) is -0.280. The lowest BCUT2D eigenvalue weighted by molar-refractivity contribution is -0.137. The minimum Gasteiger partial charge on any atom is -0.463 e. The van der Waals surface area contributed by atoms with Gasteiger partial charge in [0.05, 0.1) is 6.61 Å². The Morgan fingerprint density at radius 1 is 1.24 bits per heavy atom. The van der Waals surface area contributed by atoms with Crippen LogP contribution < -0.4 is 0 Å². The van der Waals surface area contributed by atoms with Crippen LogP contribution in [0.3, 0.4) is 0 Å². The maximum Gasteiger partial charge on any atom is 0.410 e. The summed E-state index contributed by atoms with van der Waals surface area (Å²) in [6.07, 6.45) is 4.81. The number of esters is 1. The highest BCUT2D eigenvalue weighted by atomic mass is 16.6. The molecule has 0 aromatic carbocycles. The summed E-state index contributed by atoms with van der Waals surface area (Å²) in [5, 5.41) is 0. The molecule has 21 heavy (non-hydrogen) atoms. The fourth-order valence-electron chi connectivity index (χ4n) is 3.13. The van der Waals surface area contributed by atoms with E-state index < -0.39 is 5.60 Å². The Hall–Kier alpha value is -1.52. The van der Waals surface area contributed by atoms with Crippen LogP contribution in [-0.2, 0) is 14.3 Å². The Bertz CT molecular complexity index is 434. The predicted molar refractivity (Wildman–Crippen MR) is 78.8 cm³/mol. The third kappa shape index (κ3) is 3.99. The monoisotopic (exact) mass is 295 g/mol. The van der Waals surface area contributed by atoms with Gasteiger partial charge >= 0.3 is 12.1 Å². The Labute approximate surface area is 126 Å². The standard InChI is InChI=1S/C16H25NO4/c1-5-20-14(18)10-11-8-12-6-7-13(9-11)17(12)15(19)21-16(2,3)4/h10,12-13H,5-9H2,1-4H3/t12-,13+. The highest BCUT2D eigenvalue weighted by molar-refractivity contribution is 5.83. The number of carbonyl (C=O) groups is 2. The van der Waals surface area contributed by atoms with Crippen molar-refractivity contribution in [1.82, 2.24) is 4.90 Å². The lowest BCUT2D eigenvalue weighted by atomic mass is 9.97. The van der Waals surface area contributed by atoms with E-state index in [2.05, 4.69) is 0 Å². The second-order valence-corrected chi connectivity index (χ2v) is 6.74. The van der Waals surface area contributed by atoms with Crippen LogP contribution in [0, 0.1) is 0 Å². The van der Waals surface area contributed by atoms with Gasteiger partial charge in [0.2, 0.25) is 0 Å². The quantitative estimate of drug-likeness (QED) is 0.580. The van der Waals surface area contributed by atoms with Gasteiger partial charge in [-0.15, -0.1) is 0 Å². The van der Waals surface area contributed by atoms with Crippen molar-refractivity contribution in [2.24, 2.45) is 0 Å². The highest BCUT2D eigenvalue weighted by Gasteiger charge is 2.43. The van der Waals surface area contributed by atoms with Crippen LogP contribution in [0.1, 0.15) is 53.4 Å². The van der Waals surface area contributed by atoms with E-state index in [1.54, 1.807) is 13.0 Å². The first-order chi connectivity index (χ1) is 9.80. The fraction of sp³-hybridized carbons (Fsp3) is 0.750. The second kappa shape index (κ2) is 6.08. The molecule has 2 heterocycles. The van der Waals surface area contributed by atoms with Crippen LogP contribution in [0.5, 0.6) is 0 Å². The first-order valence-corrected chi connectivity index (χ1v) is 7.67. The van der Waals surface area contributed by atoms with Crippen LogP contribution in [0.15, 0.2) is 11.6 Å². The summed E-state index contributed by atoms with van der Waals surface area (Å²) in [6, 6.07) is 0.304. The predicted octanol–water partition coefficient (Wildman–Crippen LogP) is 3.04. The van der Waals surface area contributed by atoms with Gasteiger partial charge in [-0.1, -0.05) is 5.57 Å². The number of nitrogens with zero attached hydrogens (tertiary/aromatic N) is 1. The summed E-state index contributed by atoms with van der Waals surface area (Å²) in [5.41, 5.74) is 0.609. The Morgan fingerprint density at radius 2 is 1.81 bits per heavy atom. The molecule has 0 unspecified atom stereocenters. The molecule has 2 fully saturated rings.